The Balaban J connectivity index is 1.76. The number of rotatable bonds is 7. The third-order valence-corrected chi connectivity index (χ3v) is 7.57. The minimum atomic E-state index is -4.02. The first kappa shape index (κ1) is 23.9. The van der Waals surface area contributed by atoms with Crippen molar-refractivity contribution in [1.29, 1.82) is 0 Å². The van der Waals surface area contributed by atoms with Gasteiger partial charge in [-0.25, -0.2) is 17.6 Å². The van der Waals surface area contributed by atoms with Crippen LogP contribution < -0.4 is 5.32 Å². The van der Waals surface area contributed by atoms with Crippen molar-refractivity contribution in [3.8, 4) is 0 Å². The van der Waals surface area contributed by atoms with E-state index in [1.54, 1.807) is 32.9 Å². The maximum absolute atomic E-state index is 13.5. The predicted molar refractivity (Wildman–Crippen MR) is 116 cm³/mol. The number of sulfonamides is 1. The summed E-state index contributed by atoms with van der Waals surface area (Å²) in [4.78, 5) is 27.9. The molecule has 1 aliphatic rings. The molecule has 1 amide bonds. The van der Waals surface area contributed by atoms with Crippen LogP contribution in [0.5, 0.6) is 0 Å². The zero-order valence-electron chi connectivity index (χ0n) is 18.4. The van der Waals surface area contributed by atoms with Crippen LogP contribution in [0.15, 0.2) is 29.2 Å². The Labute approximate surface area is 187 Å². The number of aryl methyl sites for hydroxylation is 2. The molecule has 2 N–H and O–H groups in total. The Morgan fingerprint density at radius 3 is 2.56 bits per heavy atom. The van der Waals surface area contributed by atoms with Crippen molar-refractivity contribution in [3.63, 3.8) is 0 Å². The van der Waals surface area contributed by atoms with E-state index in [4.69, 9.17) is 4.74 Å². The maximum atomic E-state index is 13.5. The van der Waals surface area contributed by atoms with E-state index in [1.165, 1.54) is 16.4 Å². The molecule has 0 bridgehead atoms. The maximum Gasteiger partial charge on any atom is 0.341 e. The van der Waals surface area contributed by atoms with Gasteiger partial charge in [-0.3, -0.25) is 4.79 Å². The number of ether oxygens (including phenoxy) is 1. The van der Waals surface area contributed by atoms with Crippen LogP contribution >= 0.6 is 0 Å². The van der Waals surface area contributed by atoms with Crippen LogP contribution in [0.2, 0.25) is 0 Å². The summed E-state index contributed by atoms with van der Waals surface area (Å²) in [5, 5.41) is 2.80. The molecular weight excluding hydrogens is 437 g/mol. The molecule has 8 nitrogen and oxygen atoms in total. The molecule has 1 aromatic carbocycles. The summed E-state index contributed by atoms with van der Waals surface area (Å²) >= 11 is 0. The number of benzene rings is 1. The fourth-order valence-corrected chi connectivity index (χ4v) is 5.91. The van der Waals surface area contributed by atoms with Crippen molar-refractivity contribution in [2.24, 2.45) is 5.92 Å². The molecule has 1 saturated heterocycles. The molecule has 2 aromatic rings. The number of esters is 1. The Morgan fingerprint density at radius 2 is 1.91 bits per heavy atom. The monoisotopic (exact) mass is 465 g/mol. The van der Waals surface area contributed by atoms with E-state index in [0.717, 1.165) is 5.56 Å². The van der Waals surface area contributed by atoms with E-state index in [-0.39, 0.29) is 48.4 Å². The first-order chi connectivity index (χ1) is 15.1. The van der Waals surface area contributed by atoms with E-state index in [1.807, 2.05) is 0 Å². The Kier molecular flexibility index (Phi) is 7.35. The number of nitrogens with zero attached hydrogens (tertiary/aromatic N) is 1. The average molecular weight is 466 g/mol. The van der Waals surface area contributed by atoms with Crippen LogP contribution in [-0.2, 0) is 26.1 Å². The number of carbonyl (C=O) groups excluding carboxylic acids is 2. The summed E-state index contributed by atoms with van der Waals surface area (Å²) in [5.41, 5.74) is 1.53. The summed E-state index contributed by atoms with van der Waals surface area (Å²) in [6.07, 6.45) is 1.07. The number of halogens is 1. The molecule has 1 fully saturated rings. The highest BCUT2D eigenvalue weighted by atomic mass is 32.2. The number of amides is 1. The highest BCUT2D eigenvalue weighted by Crippen LogP contribution is 2.30. The standard InChI is InChI=1S/C22H28FN3O5S/c1-4-31-22(28)19-14(2)25-15(3)20(19)32(29,30)26-11-5-6-17(13-26)21(27)24-12-16-7-9-18(23)10-8-16/h7-10,17,25H,4-6,11-13H2,1-3H3,(H,24,27)/t17-/m0/s1. The molecule has 174 valence electrons. The summed E-state index contributed by atoms with van der Waals surface area (Å²) in [6.45, 7) is 5.51. The van der Waals surface area contributed by atoms with Crippen molar-refractivity contribution in [2.45, 2.75) is 45.1 Å². The number of carbonyl (C=O) groups is 2. The molecule has 10 heteroatoms. The number of aromatic nitrogens is 1. The average Bonchev–Trinajstić information content (AvgIpc) is 3.07. The highest BCUT2D eigenvalue weighted by molar-refractivity contribution is 7.89. The van der Waals surface area contributed by atoms with Crippen molar-refractivity contribution in [1.82, 2.24) is 14.6 Å². The molecule has 32 heavy (non-hydrogen) atoms. The molecule has 1 aliphatic heterocycles. The second-order valence-electron chi connectivity index (χ2n) is 7.85. The Hall–Kier alpha value is -2.72. The normalized spacial score (nSPS) is 17.2. The number of piperidine rings is 1. The van der Waals surface area contributed by atoms with Crippen LogP contribution in [0, 0.1) is 25.6 Å². The van der Waals surface area contributed by atoms with Gasteiger partial charge >= 0.3 is 5.97 Å². The van der Waals surface area contributed by atoms with Crippen LogP contribution in [0.25, 0.3) is 0 Å². The van der Waals surface area contributed by atoms with Crippen molar-refractivity contribution >= 4 is 21.9 Å². The van der Waals surface area contributed by atoms with Gasteiger partial charge in [0.25, 0.3) is 0 Å². The summed E-state index contributed by atoms with van der Waals surface area (Å²) in [5.74, 6) is -1.84. The van der Waals surface area contributed by atoms with E-state index < -0.39 is 21.9 Å². The van der Waals surface area contributed by atoms with Gasteiger partial charge in [0, 0.05) is 31.0 Å². The molecule has 0 unspecified atom stereocenters. The molecule has 1 aromatic heterocycles. The second-order valence-corrected chi connectivity index (χ2v) is 9.72. The first-order valence-electron chi connectivity index (χ1n) is 10.5. The lowest BCUT2D eigenvalue weighted by atomic mass is 9.99. The molecule has 0 spiro atoms. The van der Waals surface area contributed by atoms with E-state index in [9.17, 15) is 22.4 Å². The zero-order chi connectivity index (χ0) is 23.5. The smallest absolute Gasteiger partial charge is 0.341 e. The number of H-pyrrole nitrogens is 1. The Bertz CT molecular complexity index is 1100. The third-order valence-electron chi connectivity index (χ3n) is 5.53. The molecule has 3 rings (SSSR count). The van der Waals surface area contributed by atoms with Crippen LogP contribution in [-0.4, -0.2) is 49.3 Å². The largest absolute Gasteiger partial charge is 0.462 e. The van der Waals surface area contributed by atoms with E-state index >= 15 is 0 Å². The quantitative estimate of drug-likeness (QED) is 0.611. The summed E-state index contributed by atoms with van der Waals surface area (Å²) < 4.78 is 46.3. The summed E-state index contributed by atoms with van der Waals surface area (Å²) in [7, 11) is -4.02. The SMILES string of the molecule is CCOC(=O)c1c(C)[nH]c(C)c1S(=O)(=O)N1CCC[C@H](C(=O)NCc2ccc(F)cc2)C1. The first-order valence-corrected chi connectivity index (χ1v) is 12.0. The minimum Gasteiger partial charge on any atom is -0.462 e. The topological polar surface area (TPSA) is 109 Å². The zero-order valence-corrected chi connectivity index (χ0v) is 19.2. The fraction of sp³-hybridized carbons (Fsp3) is 0.455. The van der Waals surface area contributed by atoms with E-state index in [0.29, 0.717) is 24.2 Å². The number of aromatic amines is 1. The molecule has 0 radical (unpaired) electrons. The lowest BCUT2D eigenvalue weighted by molar-refractivity contribution is -0.126. The van der Waals surface area contributed by atoms with Gasteiger partial charge in [-0.2, -0.15) is 4.31 Å². The van der Waals surface area contributed by atoms with Gasteiger partial charge in [-0.1, -0.05) is 12.1 Å². The van der Waals surface area contributed by atoms with Gasteiger partial charge in [-0.05, 0) is 51.3 Å². The van der Waals surface area contributed by atoms with Gasteiger partial charge in [0.1, 0.15) is 16.3 Å². The van der Waals surface area contributed by atoms with E-state index in [2.05, 4.69) is 10.3 Å². The van der Waals surface area contributed by atoms with Gasteiger partial charge < -0.3 is 15.0 Å². The summed E-state index contributed by atoms with van der Waals surface area (Å²) in [6, 6.07) is 5.81. The van der Waals surface area contributed by atoms with Crippen LogP contribution in [0.1, 0.15) is 47.1 Å². The molecule has 0 saturated carbocycles. The van der Waals surface area contributed by atoms with Crippen LogP contribution in [0.4, 0.5) is 4.39 Å². The van der Waals surface area contributed by atoms with Gasteiger partial charge in [0.15, 0.2) is 0 Å². The molecule has 1 atom stereocenters. The van der Waals surface area contributed by atoms with Gasteiger partial charge in [-0.15, -0.1) is 0 Å². The van der Waals surface area contributed by atoms with Crippen molar-refractivity contribution < 1.29 is 27.1 Å². The Morgan fingerprint density at radius 1 is 1.22 bits per heavy atom. The minimum absolute atomic E-state index is 0.00670. The lowest BCUT2D eigenvalue weighted by Gasteiger charge is -2.31. The second kappa shape index (κ2) is 9.83. The number of hydrogen-bond acceptors (Lipinski definition) is 5. The van der Waals surface area contributed by atoms with Crippen molar-refractivity contribution in [2.75, 3.05) is 19.7 Å². The predicted octanol–water partition coefficient (Wildman–Crippen LogP) is 2.66. The highest BCUT2D eigenvalue weighted by Gasteiger charge is 2.38. The van der Waals surface area contributed by atoms with Crippen LogP contribution in [0.3, 0.4) is 0 Å². The third kappa shape index (κ3) is 5.02. The molecule has 2 heterocycles. The van der Waals surface area contributed by atoms with Gasteiger partial charge in [0.2, 0.25) is 15.9 Å². The fourth-order valence-electron chi connectivity index (χ4n) is 3.97. The number of nitrogens with one attached hydrogen (secondary N) is 2. The number of hydrogen-bond donors (Lipinski definition) is 2. The lowest BCUT2D eigenvalue weighted by Crippen LogP contribution is -2.45. The van der Waals surface area contributed by atoms with Crippen molar-refractivity contribution in [3.05, 3.63) is 52.6 Å². The molecule has 0 aliphatic carbocycles. The van der Waals surface area contributed by atoms with Gasteiger partial charge in [0.05, 0.1) is 12.5 Å². The molecular formula is C22H28FN3O5S.